The molecule has 0 spiro atoms. The number of aryl methyl sites for hydroxylation is 1. The molecule has 0 fully saturated rings. The molecule has 0 amide bonds. The monoisotopic (exact) mass is 342 g/mol. The molecule has 6 heteroatoms. The van der Waals surface area contributed by atoms with Crippen LogP contribution in [0.1, 0.15) is 11.5 Å². The highest BCUT2D eigenvalue weighted by Gasteiger charge is 2.23. The molecule has 124 valence electrons. The van der Waals surface area contributed by atoms with Gasteiger partial charge in [0.15, 0.2) is 0 Å². The molecule has 0 aliphatic heterocycles. The SMILES string of the molecule is Cc1oc(-c2ccccc2)nc1CN(C)S(=O)(=O)c1ccccc1. The lowest BCUT2D eigenvalue weighted by molar-refractivity contribution is 0.457. The molecule has 3 aromatic rings. The van der Waals surface area contributed by atoms with Gasteiger partial charge in [-0.3, -0.25) is 0 Å². The second-order valence-corrected chi connectivity index (χ2v) is 7.51. The van der Waals surface area contributed by atoms with Gasteiger partial charge in [-0.1, -0.05) is 36.4 Å². The number of aromatic nitrogens is 1. The predicted octanol–water partition coefficient (Wildman–Crippen LogP) is 3.47. The molecule has 0 aliphatic carbocycles. The van der Waals surface area contributed by atoms with Crippen LogP contribution in [0.4, 0.5) is 0 Å². The summed E-state index contributed by atoms with van der Waals surface area (Å²) in [5.41, 5.74) is 1.47. The van der Waals surface area contributed by atoms with Crippen LogP contribution < -0.4 is 0 Å². The average Bonchev–Trinajstić information content (AvgIpc) is 2.97. The zero-order valence-electron chi connectivity index (χ0n) is 13.5. The molecule has 1 aromatic heterocycles. The maximum atomic E-state index is 12.6. The van der Waals surface area contributed by atoms with Gasteiger partial charge in [-0.15, -0.1) is 0 Å². The lowest BCUT2D eigenvalue weighted by atomic mass is 10.2. The Morgan fingerprint density at radius 3 is 2.21 bits per heavy atom. The van der Waals surface area contributed by atoms with Gasteiger partial charge in [-0.25, -0.2) is 13.4 Å². The Bertz CT molecular complexity index is 919. The molecule has 2 aromatic carbocycles. The smallest absolute Gasteiger partial charge is 0.243 e. The molecule has 0 saturated carbocycles. The molecule has 1 heterocycles. The third-order valence-corrected chi connectivity index (χ3v) is 5.55. The Kier molecular flexibility index (Phi) is 4.51. The van der Waals surface area contributed by atoms with Gasteiger partial charge in [0, 0.05) is 12.6 Å². The van der Waals surface area contributed by atoms with Crippen LogP contribution in [0.5, 0.6) is 0 Å². The van der Waals surface area contributed by atoms with Crippen molar-refractivity contribution < 1.29 is 12.8 Å². The van der Waals surface area contributed by atoms with E-state index in [-0.39, 0.29) is 11.4 Å². The highest BCUT2D eigenvalue weighted by Crippen LogP contribution is 2.23. The highest BCUT2D eigenvalue weighted by molar-refractivity contribution is 7.89. The molecule has 0 unspecified atom stereocenters. The van der Waals surface area contributed by atoms with Crippen LogP contribution in [0.25, 0.3) is 11.5 Å². The number of hydrogen-bond acceptors (Lipinski definition) is 4. The van der Waals surface area contributed by atoms with E-state index in [9.17, 15) is 8.42 Å². The lowest BCUT2D eigenvalue weighted by Crippen LogP contribution is -2.26. The van der Waals surface area contributed by atoms with Crippen molar-refractivity contribution in [3.05, 3.63) is 72.1 Å². The van der Waals surface area contributed by atoms with Crippen molar-refractivity contribution in [3.63, 3.8) is 0 Å². The first kappa shape index (κ1) is 16.4. The molecule has 0 bridgehead atoms. The van der Waals surface area contributed by atoms with Crippen molar-refractivity contribution in [1.29, 1.82) is 0 Å². The largest absolute Gasteiger partial charge is 0.441 e. The minimum Gasteiger partial charge on any atom is -0.441 e. The predicted molar refractivity (Wildman–Crippen MR) is 91.8 cm³/mol. The third kappa shape index (κ3) is 3.25. The van der Waals surface area contributed by atoms with Crippen LogP contribution in [0.3, 0.4) is 0 Å². The van der Waals surface area contributed by atoms with Crippen molar-refractivity contribution in [1.82, 2.24) is 9.29 Å². The second kappa shape index (κ2) is 6.59. The van der Waals surface area contributed by atoms with Gasteiger partial charge >= 0.3 is 0 Å². The molecule has 3 rings (SSSR count). The van der Waals surface area contributed by atoms with Gasteiger partial charge in [0.2, 0.25) is 15.9 Å². The summed E-state index contributed by atoms with van der Waals surface area (Å²) in [7, 11) is -2.02. The molecule has 0 aliphatic rings. The standard InChI is InChI=1S/C18H18N2O3S/c1-14-17(19-18(23-14)15-9-5-3-6-10-15)13-20(2)24(21,22)16-11-7-4-8-12-16/h3-12H,13H2,1-2H3. The van der Waals surface area contributed by atoms with Gasteiger partial charge in [0.05, 0.1) is 17.1 Å². The van der Waals surface area contributed by atoms with E-state index in [1.165, 1.54) is 4.31 Å². The van der Waals surface area contributed by atoms with Crippen LogP contribution >= 0.6 is 0 Å². The highest BCUT2D eigenvalue weighted by atomic mass is 32.2. The zero-order chi connectivity index (χ0) is 17.2. The molecule has 0 saturated heterocycles. The summed E-state index contributed by atoms with van der Waals surface area (Å²) < 4.78 is 32.2. The van der Waals surface area contributed by atoms with E-state index in [1.54, 1.807) is 44.3 Å². The Morgan fingerprint density at radius 1 is 1.00 bits per heavy atom. The second-order valence-electron chi connectivity index (χ2n) is 5.46. The Morgan fingerprint density at radius 2 is 1.58 bits per heavy atom. The number of rotatable bonds is 5. The first-order chi connectivity index (χ1) is 11.5. The number of oxazole rings is 1. The quantitative estimate of drug-likeness (QED) is 0.712. The summed E-state index contributed by atoms with van der Waals surface area (Å²) in [6.07, 6.45) is 0. The van der Waals surface area contributed by atoms with E-state index >= 15 is 0 Å². The van der Waals surface area contributed by atoms with Gasteiger partial charge < -0.3 is 4.42 Å². The maximum absolute atomic E-state index is 12.6. The van der Waals surface area contributed by atoms with E-state index < -0.39 is 10.0 Å². The summed E-state index contributed by atoms with van der Waals surface area (Å²) in [5, 5.41) is 0. The average molecular weight is 342 g/mol. The van der Waals surface area contributed by atoms with Crippen molar-refractivity contribution in [2.75, 3.05) is 7.05 Å². The first-order valence-corrected chi connectivity index (χ1v) is 8.95. The summed E-state index contributed by atoms with van der Waals surface area (Å²) in [6.45, 7) is 1.94. The van der Waals surface area contributed by atoms with E-state index in [0.717, 1.165) is 5.56 Å². The van der Waals surface area contributed by atoms with Crippen molar-refractivity contribution in [2.45, 2.75) is 18.4 Å². The Labute approximate surface area is 141 Å². The Hall–Kier alpha value is -2.44. The topological polar surface area (TPSA) is 63.4 Å². The summed E-state index contributed by atoms with van der Waals surface area (Å²) >= 11 is 0. The fourth-order valence-electron chi connectivity index (χ4n) is 2.35. The van der Waals surface area contributed by atoms with Crippen molar-refractivity contribution >= 4 is 10.0 Å². The van der Waals surface area contributed by atoms with Crippen LogP contribution in [-0.4, -0.2) is 24.8 Å². The minimum atomic E-state index is -3.56. The number of nitrogens with zero attached hydrogens (tertiary/aromatic N) is 2. The molecular weight excluding hydrogens is 324 g/mol. The Balaban J connectivity index is 1.85. The van der Waals surface area contributed by atoms with Gasteiger partial charge in [0.1, 0.15) is 5.76 Å². The lowest BCUT2D eigenvalue weighted by Gasteiger charge is -2.16. The van der Waals surface area contributed by atoms with Crippen molar-refractivity contribution in [2.24, 2.45) is 0 Å². The summed E-state index contributed by atoms with van der Waals surface area (Å²) in [4.78, 5) is 4.72. The van der Waals surface area contributed by atoms with Crippen LogP contribution in [0.2, 0.25) is 0 Å². The minimum absolute atomic E-state index is 0.152. The maximum Gasteiger partial charge on any atom is 0.243 e. The zero-order valence-corrected chi connectivity index (χ0v) is 14.3. The fourth-order valence-corrected chi connectivity index (χ4v) is 3.50. The van der Waals surface area contributed by atoms with Crippen LogP contribution in [0.15, 0.2) is 70.0 Å². The summed E-state index contributed by atoms with van der Waals surface area (Å²) in [5.74, 6) is 1.11. The molecule has 0 radical (unpaired) electrons. The molecule has 0 atom stereocenters. The van der Waals surface area contributed by atoms with Gasteiger partial charge in [0.25, 0.3) is 0 Å². The molecule has 24 heavy (non-hydrogen) atoms. The molecular formula is C18H18N2O3S. The van der Waals surface area contributed by atoms with Gasteiger partial charge in [-0.05, 0) is 31.2 Å². The molecule has 0 N–H and O–H groups in total. The number of sulfonamides is 1. The summed E-state index contributed by atoms with van der Waals surface area (Å²) in [6, 6.07) is 17.9. The third-order valence-electron chi connectivity index (χ3n) is 3.74. The number of hydrogen-bond donors (Lipinski definition) is 0. The normalized spacial score (nSPS) is 11.8. The van der Waals surface area contributed by atoms with Crippen LogP contribution in [0, 0.1) is 6.92 Å². The van der Waals surface area contributed by atoms with Crippen LogP contribution in [-0.2, 0) is 16.6 Å². The first-order valence-electron chi connectivity index (χ1n) is 7.51. The van der Waals surface area contributed by atoms with E-state index in [1.807, 2.05) is 30.3 Å². The molecule has 5 nitrogen and oxygen atoms in total. The van der Waals surface area contributed by atoms with E-state index in [2.05, 4.69) is 4.98 Å². The van der Waals surface area contributed by atoms with Gasteiger partial charge in [-0.2, -0.15) is 4.31 Å². The van der Waals surface area contributed by atoms with Crippen molar-refractivity contribution in [3.8, 4) is 11.5 Å². The fraction of sp³-hybridized carbons (Fsp3) is 0.167. The van der Waals surface area contributed by atoms with E-state index in [4.69, 9.17) is 4.42 Å². The van der Waals surface area contributed by atoms with E-state index in [0.29, 0.717) is 17.3 Å². The number of benzene rings is 2.